The molecule has 0 radical (unpaired) electrons. The zero-order valence-corrected chi connectivity index (χ0v) is 12.5. The number of likely N-dealkylation sites (N-methyl/N-ethyl adjacent to an activating group) is 1. The summed E-state index contributed by atoms with van der Waals surface area (Å²) in [5.41, 5.74) is 1.85. The smallest absolute Gasteiger partial charge is 0.255 e. The van der Waals surface area contributed by atoms with Crippen molar-refractivity contribution >= 4 is 21.8 Å². The van der Waals surface area contributed by atoms with Crippen LogP contribution >= 0.6 is 15.9 Å². The third kappa shape index (κ3) is 2.75. The summed E-state index contributed by atoms with van der Waals surface area (Å²) in [4.78, 5) is 14.4. The minimum atomic E-state index is 0.0966. The van der Waals surface area contributed by atoms with Crippen molar-refractivity contribution in [2.24, 2.45) is 0 Å². The Morgan fingerprint density at radius 3 is 2.94 bits per heavy atom. The molecular formula is C14H19BrN2O. The summed E-state index contributed by atoms with van der Waals surface area (Å²) in [6.07, 6.45) is 2.22. The van der Waals surface area contributed by atoms with Gasteiger partial charge in [-0.3, -0.25) is 4.79 Å². The zero-order chi connectivity index (χ0) is 13.1. The van der Waals surface area contributed by atoms with E-state index in [2.05, 4.69) is 21.2 Å². The van der Waals surface area contributed by atoms with E-state index in [1.54, 1.807) is 0 Å². The molecule has 1 N–H and O–H groups in total. The predicted octanol–water partition coefficient (Wildman–Crippen LogP) is 2.58. The lowest BCUT2D eigenvalue weighted by atomic mass is 10.0. The largest absolute Gasteiger partial charge is 0.337 e. The lowest BCUT2D eigenvalue weighted by Gasteiger charge is -2.32. The number of nitrogens with zero attached hydrogens (tertiary/aromatic N) is 1. The number of carbonyl (C=O) groups is 1. The molecule has 1 amide bonds. The first-order valence-electron chi connectivity index (χ1n) is 6.34. The molecule has 1 fully saturated rings. The van der Waals surface area contributed by atoms with Crippen molar-refractivity contribution in [2.75, 3.05) is 20.1 Å². The second-order valence-corrected chi connectivity index (χ2v) is 5.65. The fourth-order valence-corrected chi connectivity index (χ4v) is 2.77. The molecule has 4 heteroatoms. The molecule has 0 aliphatic carbocycles. The zero-order valence-electron chi connectivity index (χ0n) is 10.9. The maximum atomic E-state index is 12.5. The molecule has 1 heterocycles. The number of halogens is 1. The molecule has 1 unspecified atom stereocenters. The standard InChI is InChI=1S/C14H19BrN2O/c1-10-5-3-7-12(13(10)15)14(18)17(2)11-6-4-8-16-9-11/h3,5,7,11,16H,4,6,8-9H2,1-2H3. The van der Waals surface area contributed by atoms with E-state index in [1.165, 1.54) is 0 Å². The number of benzene rings is 1. The predicted molar refractivity (Wildman–Crippen MR) is 76.9 cm³/mol. The second kappa shape index (κ2) is 5.85. The molecule has 1 saturated heterocycles. The number of carbonyl (C=O) groups excluding carboxylic acids is 1. The number of amides is 1. The third-order valence-corrected chi connectivity index (χ3v) is 4.61. The second-order valence-electron chi connectivity index (χ2n) is 4.85. The molecule has 1 aromatic rings. The summed E-state index contributed by atoms with van der Waals surface area (Å²) in [6, 6.07) is 6.12. The number of rotatable bonds is 2. The Morgan fingerprint density at radius 1 is 1.50 bits per heavy atom. The van der Waals surface area contributed by atoms with Gasteiger partial charge in [0, 0.05) is 24.1 Å². The van der Waals surface area contributed by atoms with Crippen LogP contribution in [0.15, 0.2) is 22.7 Å². The highest BCUT2D eigenvalue weighted by Crippen LogP contribution is 2.23. The Kier molecular flexibility index (Phi) is 4.40. The van der Waals surface area contributed by atoms with Gasteiger partial charge < -0.3 is 10.2 Å². The van der Waals surface area contributed by atoms with Gasteiger partial charge in [0.25, 0.3) is 5.91 Å². The summed E-state index contributed by atoms with van der Waals surface area (Å²) < 4.78 is 0.908. The van der Waals surface area contributed by atoms with Gasteiger partial charge in [-0.05, 0) is 53.9 Å². The van der Waals surface area contributed by atoms with E-state index in [9.17, 15) is 4.79 Å². The van der Waals surface area contributed by atoms with Crippen LogP contribution in [0.25, 0.3) is 0 Å². The Morgan fingerprint density at radius 2 is 2.28 bits per heavy atom. The SMILES string of the molecule is Cc1cccc(C(=O)N(C)C2CCCNC2)c1Br. The van der Waals surface area contributed by atoms with Gasteiger partial charge >= 0.3 is 0 Å². The molecular weight excluding hydrogens is 292 g/mol. The summed E-state index contributed by atoms with van der Waals surface area (Å²) in [6.45, 7) is 3.96. The number of hydrogen-bond donors (Lipinski definition) is 1. The fraction of sp³-hybridized carbons (Fsp3) is 0.500. The first kappa shape index (κ1) is 13.6. The maximum Gasteiger partial charge on any atom is 0.255 e. The molecule has 3 nitrogen and oxygen atoms in total. The van der Waals surface area contributed by atoms with E-state index in [1.807, 2.05) is 37.1 Å². The van der Waals surface area contributed by atoms with Crippen LogP contribution in [0.2, 0.25) is 0 Å². The van der Waals surface area contributed by atoms with Crippen molar-refractivity contribution in [3.8, 4) is 0 Å². The third-order valence-electron chi connectivity index (χ3n) is 3.56. The van der Waals surface area contributed by atoms with Crippen LogP contribution in [0.3, 0.4) is 0 Å². The lowest BCUT2D eigenvalue weighted by molar-refractivity contribution is 0.0707. The van der Waals surface area contributed by atoms with E-state index in [-0.39, 0.29) is 5.91 Å². The van der Waals surface area contributed by atoms with Gasteiger partial charge in [-0.25, -0.2) is 0 Å². The lowest BCUT2D eigenvalue weighted by Crippen LogP contribution is -2.46. The summed E-state index contributed by atoms with van der Waals surface area (Å²) in [5, 5.41) is 3.34. The number of piperidine rings is 1. The fourth-order valence-electron chi connectivity index (χ4n) is 2.33. The minimum Gasteiger partial charge on any atom is -0.337 e. The van der Waals surface area contributed by atoms with Crippen LogP contribution < -0.4 is 5.32 Å². The summed E-state index contributed by atoms with van der Waals surface area (Å²) in [7, 11) is 1.90. The average Bonchev–Trinajstić information content (AvgIpc) is 2.41. The van der Waals surface area contributed by atoms with Gasteiger partial charge in [-0.1, -0.05) is 12.1 Å². The average molecular weight is 311 g/mol. The van der Waals surface area contributed by atoms with E-state index in [0.29, 0.717) is 6.04 Å². The molecule has 1 aliphatic rings. The quantitative estimate of drug-likeness (QED) is 0.910. The monoisotopic (exact) mass is 310 g/mol. The molecule has 0 saturated carbocycles. The molecule has 98 valence electrons. The molecule has 2 rings (SSSR count). The van der Waals surface area contributed by atoms with Crippen LogP contribution in [-0.4, -0.2) is 37.0 Å². The van der Waals surface area contributed by atoms with Crippen molar-refractivity contribution < 1.29 is 4.79 Å². The highest BCUT2D eigenvalue weighted by molar-refractivity contribution is 9.10. The van der Waals surface area contributed by atoms with Crippen molar-refractivity contribution in [2.45, 2.75) is 25.8 Å². The maximum absolute atomic E-state index is 12.5. The van der Waals surface area contributed by atoms with Gasteiger partial charge in [0.15, 0.2) is 0 Å². The highest BCUT2D eigenvalue weighted by atomic mass is 79.9. The van der Waals surface area contributed by atoms with Crippen LogP contribution in [0.4, 0.5) is 0 Å². The number of nitrogens with one attached hydrogen (secondary N) is 1. The molecule has 1 atom stereocenters. The number of aryl methyl sites for hydroxylation is 1. The Hall–Kier alpha value is -0.870. The Balaban J connectivity index is 2.17. The summed E-state index contributed by atoms with van der Waals surface area (Å²) in [5.74, 6) is 0.0966. The Bertz CT molecular complexity index is 441. The van der Waals surface area contributed by atoms with Crippen LogP contribution in [-0.2, 0) is 0 Å². The molecule has 1 aromatic carbocycles. The topological polar surface area (TPSA) is 32.3 Å². The van der Waals surface area contributed by atoms with Crippen molar-refractivity contribution in [1.82, 2.24) is 10.2 Å². The number of hydrogen-bond acceptors (Lipinski definition) is 2. The summed E-state index contributed by atoms with van der Waals surface area (Å²) >= 11 is 3.51. The molecule has 0 spiro atoms. The first-order valence-corrected chi connectivity index (χ1v) is 7.13. The van der Waals surface area contributed by atoms with E-state index in [0.717, 1.165) is 41.5 Å². The Labute approximate surface area is 117 Å². The van der Waals surface area contributed by atoms with Gasteiger partial charge in [-0.15, -0.1) is 0 Å². The van der Waals surface area contributed by atoms with Crippen LogP contribution in [0.1, 0.15) is 28.8 Å². The van der Waals surface area contributed by atoms with Crippen molar-refractivity contribution in [3.05, 3.63) is 33.8 Å². The van der Waals surface area contributed by atoms with Gasteiger partial charge in [0.05, 0.1) is 5.56 Å². The van der Waals surface area contributed by atoms with Crippen LogP contribution in [0, 0.1) is 6.92 Å². The van der Waals surface area contributed by atoms with Crippen molar-refractivity contribution in [1.29, 1.82) is 0 Å². The van der Waals surface area contributed by atoms with Crippen LogP contribution in [0.5, 0.6) is 0 Å². The van der Waals surface area contributed by atoms with Gasteiger partial charge in [-0.2, -0.15) is 0 Å². The molecule has 18 heavy (non-hydrogen) atoms. The molecule has 1 aliphatic heterocycles. The van der Waals surface area contributed by atoms with Gasteiger partial charge in [0.1, 0.15) is 0 Å². The van der Waals surface area contributed by atoms with E-state index < -0.39 is 0 Å². The molecule has 0 bridgehead atoms. The van der Waals surface area contributed by atoms with E-state index >= 15 is 0 Å². The van der Waals surface area contributed by atoms with E-state index in [4.69, 9.17) is 0 Å². The molecule has 0 aromatic heterocycles. The first-order chi connectivity index (χ1) is 8.61. The minimum absolute atomic E-state index is 0.0966. The van der Waals surface area contributed by atoms with Gasteiger partial charge in [0.2, 0.25) is 0 Å². The normalized spacial score (nSPS) is 19.6. The highest BCUT2D eigenvalue weighted by Gasteiger charge is 2.24. The van der Waals surface area contributed by atoms with Crippen molar-refractivity contribution in [3.63, 3.8) is 0 Å².